The number of cyclic esters (lactones) is 1. The first-order valence-electron chi connectivity index (χ1n) is 8.25. The maximum Gasteiger partial charge on any atom is 0.333 e. The lowest BCUT2D eigenvalue weighted by Crippen LogP contribution is -2.20. The number of ether oxygens (including phenoxy) is 1. The van der Waals surface area contributed by atoms with Gasteiger partial charge in [-0.05, 0) is 44.4 Å². The second-order valence-electron chi connectivity index (χ2n) is 6.09. The highest BCUT2D eigenvalue weighted by molar-refractivity contribution is 5.90. The largest absolute Gasteiger partial charge is 0.462 e. The van der Waals surface area contributed by atoms with Crippen LogP contribution in [0.4, 0.5) is 0 Å². The molecule has 1 aliphatic heterocycles. The molecule has 2 fully saturated rings. The fraction of sp³-hybridized carbons (Fsp3) is 0.632. The van der Waals surface area contributed by atoms with Crippen molar-refractivity contribution in [2.24, 2.45) is 11.8 Å². The van der Waals surface area contributed by atoms with Crippen molar-refractivity contribution in [3.8, 4) is 0 Å². The van der Waals surface area contributed by atoms with E-state index < -0.39 is 0 Å². The maximum absolute atomic E-state index is 10.5. The minimum Gasteiger partial charge on any atom is -0.462 e. The van der Waals surface area contributed by atoms with Crippen molar-refractivity contribution >= 4 is 5.97 Å². The normalized spacial score (nSPS) is 28.5. The van der Waals surface area contributed by atoms with Crippen LogP contribution in [0.1, 0.15) is 52.4 Å². The van der Waals surface area contributed by atoms with E-state index in [1.54, 1.807) is 11.6 Å². The van der Waals surface area contributed by atoms with Gasteiger partial charge in [-0.1, -0.05) is 43.2 Å². The summed E-state index contributed by atoms with van der Waals surface area (Å²) in [6, 6.07) is 0. The summed E-state index contributed by atoms with van der Waals surface area (Å²) in [6.45, 7) is 8.88. The Kier molecular flexibility index (Phi) is 8.18. The summed E-state index contributed by atoms with van der Waals surface area (Å²) in [6.07, 6.45) is 11.7. The smallest absolute Gasteiger partial charge is 0.333 e. The first-order chi connectivity index (χ1) is 10.6. The van der Waals surface area contributed by atoms with Gasteiger partial charge in [0.1, 0.15) is 0 Å². The molecule has 3 aliphatic rings. The van der Waals surface area contributed by atoms with E-state index >= 15 is 0 Å². The number of hydrogen-bond acceptors (Lipinski definition) is 3. The molecule has 1 saturated carbocycles. The average molecular weight is 306 g/mol. The van der Waals surface area contributed by atoms with Gasteiger partial charge in [0.2, 0.25) is 0 Å². The Morgan fingerprint density at radius 1 is 1.36 bits per heavy atom. The fourth-order valence-corrected chi connectivity index (χ4v) is 3.40. The molecule has 0 aromatic rings. The van der Waals surface area contributed by atoms with Gasteiger partial charge in [0.25, 0.3) is 0 Å². The van der Waals surface area contributed by atoms with E-state index in [1.165, 1.54) is 31.3 Å². The maximum atomic E-state index is 10.5. The number of aliphatic hydroxyl groups excluding tert-OH is 1. The van der Waals surface area contributed by atoms with Gasteiger partial charge >= 0.3 is 5.97 Å². The second-order valence-corrected chi connectivity index (χ2v) is 6.09. The summed E-state index contributed by atoms with van der Waals surface area (Å²) in [4.78, 5) is 10.5. The predicted octanol–water partition coefficient (Wildman–Crippen LogP) is 4.19. The van der Waals surface area contributed by atoms with Crippen LogP contribution in [0.2, 0.25) is 0 Å². The van der Waals surface area contributed by atoms with E-state index in [4.69, 9.17) is 5.11 Å². The van der Waals surface area contributed by atoms with Crippen LogP contribution in [-0.2, 0) is 9.53 Å². The van der Waals surface area contributed by atoms with Crippen molar-refractivity contribution in [2.75, 3.05) is 13.7 Å². The number of hydrogen-bond donors (Lipinski definition) is 1. The van der Waals surface area contributed by atoms with Gasteiger partial charge < -0.3 is 9.84 Å². The molecule has 2 atom stereocenters. The Bertz CT molecular complexity index is 446. The molecule has 0 aromatic carbocycles. The summed E-state index contributed by atoms with van der Waals surface area (Å²) in [5, 5.41) is 7.00. The molecule has 3 rings (SSSR count). The molecule has 0 aromatic heterocycles. The first kappa shape index (κ1) is 18.7. The lowest BCUT2D eigenvalue weighted by Gasteiger charge is -2.34. The van der Waals surface area contributed by atoms with E-state index in [0.29, 0.717) is 6.61 Å². The second kappa shape index (κ2) is 9.62. The quantitative estimate of drug-likeness (QED) is 0.415. The van der Waals surface area contributed by atoms with E-state index in [-0.39, 0.29) is 5.97 Å². The zero-order valence-electron chi connectivity index (χ0n) is 14.2. The third-order valence-corrected chi connectivity index (χ3v) is 4.61. The van der Waals surface area contributed by atoms with Crippen LogP contribution in [0.5, 0.6) is 0 Å². The molecule has 3 nitrogen and oxygen atoms in total. The lowest BCUT2D eigenvalue weighted by atomic mass is 9.72. The molecule has 0 spiro atoms. The molecule has 1 saturated heterocycles. The molecule has 1 unspecified atom stereocenters. The molecule has 1 heterocycles. The molecule has 2 aliphatic carbocycles. The van der Waals surface area contributed by atoms with Gasteiger partial charge in [0, 0.05) is 19.1 Å². The highest BCUT2D eigenvalue weighted by Crippen LogP contribution is 2.41. The highest BCUT2D eigenvalue weighted by Gasteiger charge is 2.26. The van der Waals surface area contributed by atoms with Crippen molar-refractivity contribution < 1.29 is 14.6 Å². The summed E-state index contributed by atoms with van der Waals surface area (Å²) in [7, 11) is 1.00. The van der Waals surface area contributed by atoms with Crippen molar-refractivity contribution in [1.82, 2.24) is 0 Å². The summed E-state index contributed by atoms with van der Waals surface area (Å²) in [5.74, 6) is 1.58. The molecule has 22 heavy (non-hydrogen) atoms. The van der Waals surface area contributed by atoms with Crippen molar-refractivity contribution in [3.05, 3.63) is 35.5 Å². The van der Waals surface area contributed by atoms with Crippen molar-refractivity contribution in [2.45, 2.75) is 52.4 Å². The molecule has 0 bridgehead atoms. The predicted molar refractivity (Wildman–Crippen MR) is 90.4 cm³/mol. The van der Waals surface area contributed by atoms with Crippen LogP contribution < -0.4 is 0 Å². The van der Waals surface area contributed by atoms with Crippen LogP contribution in [0.25, 0.3) is 0 Å². The Balaban J connectivity index is 0.000000211. The molecule has 0 amide bonds. The van der Waals surface area contributed by atoms with E-state index in [9.17, 15) is 4.79 Å². The lowest BCUT2D eigenvalue weighted by molar-refractivity contribution is -0.135. The van der Waals surface area contributed by atoms with Crippen LogP contribution in [0.15, 0.2) is 35.5 Å². The zero-order valence-corrected chi connectivity index (χ0v) is 14.2. The standard InChI is InChI=1S/C12H18.C6H8O2.CH4O/c1-9-6-7-12-10(2)4-3-5-11(12)8-9;1-2-5-3-4-8-6(5)7;1-2/h7,10-11H,1,3-6,8H2,2H3;2H,3-4H2,1H3;2H,1H3/b;5-2+;/t10-,11?;;/m0../s1. The Labute approximate surface area is 134 Å². The zero-order chi connectivity index (χ0) is 16.5. The average Bonchev–Trinajstić information content (AvgIpc) is 2.95. The van der Waals surface area contributed by atoms with Crippen molar-refractivity contribution in [3.63, 3.8) is 0 Å². The first-order valence-corrected chi connectivity index (χ1v) is 8.25. The molecule has 0 radical (unpaired) electrons. The van der Waals surface area contributed by atoms with E-state index in [1.807, 2.05) is 6.92 Å². The molecule has 1 N–H and O–H groups in total. The number of esters is 1. The number of carbonyl (C=O) groups excluding carboxylic acids is 1. The number of aliphatic hydroxyl groups is 1. The van der Waals surface area contributed by atoms with Gasteiger partial charge in [0.15, 0.2) is 0 Å². The number of allylic oxidation sites excluding steroid dienone is 4. The number of carbonyl (C=O) groups is 1. The minimum absolute atomic E-state index is 0.146. The monoisotopic (exact) mass is 306 g/mol. The summed E-state index contributed by atoms with van der Waals surface area (Å²) >= 11 is 0. The number of rotatable bonds is 0. The summed E-state index contributed by atoms with van der Waals surface area (Å²) < 4.78 is 4.65. The Hall–Kier alpha value is -1.35. The molecule has 124 valence electrons. The number of fused-ring (bicyclic) bond motifs is 1. The Morgan fingerprint density at radius 3 is 2.64 bits per heavy atom. The Morgan fingerprint density at radius 2 is 2.09 bits per heavy atom. The molecular weight excluding hydrogens is 276 g/mol. The third kappa shape index (κ3) is 5.13. The van der Waals surface area contributed by atoms with Gasteiger partial charge in [-0.15, -0.1) is 0 Å². The van der Waals surface area contributed by atoms with Crippen LogP contribution in [0, 0.1) is 11.8 Å². The van der Waals surface area contributed by atoms with Crippen LogP contribution in [0.3, 0.4) is 0 Å². The summed E-state index contributed by atoms with van der Waals surface area (Å²) in [5.41, 5.74) is 4.00. The topological polar surface area (TPSA) is 46.5 Å². The fourth-order valence-electron chi connectivity index (χ4n) is 3.40. The molecular formula is C19H30O3. The molecule has 3 heteroatoms. The van der Waals surface area contributed by atoms with Gasteiger partial charge in [-0.2, -0.15) is 0 Å². The van der Waals surface area contributed by atoms with Gasteiger partial charge in [-0.3, -0.25) is 0 Å². The van der Waals surface area contributed by atoms with E-state index in [0.717, 1.165) is 37.4 Å². The van der Waals surface area contributed by atoms with Crippen LogP contribution >= 0.6 is 0 Å². The SMILES string of the molecule is C/C=C1\CCOC1=O.C=C1CC=C2C(CCC[C@@H]2C)C1.CO. The third-order valence-electron chi connectivity index (χ3n) is 4.61. The van der Waals surface area contributed by atoms with E-state index in [2.05, 4.69) is 24.3 Å². The van der Waals surface area contributed by atoms with Crippen LogP contribution in [-0.4, -0.2) is 24.8 Å². The highest BCUT2D eigenvalue weighted by atomic mass is 16.5. The minimum atomic E-state index is -0.146. The van der Waals surface area contributed by atoms with Crippen molar-refractivity contribution in [1.29, 1.82) is 0 Å². The van der Waals surface area contributed by atoms with Gasteiger partial charge in [-0.25, -0.2) is 4.79 Å². The van der Waals surface area contributed by atoms with Gasteiger partial charge in [0.05, 0.1) is 6.61 Å².